The molecule has 4 aliphatic rings. The van der Waals surface area contributed by atoms with Crippen molar-refractivity contribution in [2.45, 2.75) is 56.7 Å². The Balaban J connectivity index is 1.13. The molecule has 8 rings (SSSR count). The van der Waals surface area contributed by atoms with Crippen molar-refractivity contribution in [3.05, 3.63) is 92.1 Å². The first kappa shape index (κ1) is 39.6. The number of fused-ring (bicyclic) bond motifs is 6. The molecule has 1 saturated heterocycles. The molecule has 1 spiro atoms. The number of amides is 2. The molecule has 0 radical (unpaired) electrons. The van der Waals surface area contributed by atoms with Crippen molar-refractivity contribution in [2.75, 3.05) is 46.4 Å². The van der Waals surface area contributed by atoms with Crippen LogP contribution in [0.1, 0.15) is 63.4 Å². The van der Waals surface area contributed by atoms with Crippen molar-refractivity contribution in [1.82, 2.24) is 14.8 Å². The van der Waals surface area contributed by atoms with E-state index in [0.29, 0.717) is 48.9 Å². The van der Waals surface area contributed by atoms with E-state index in [4.69, 9.17) is 35.0 Å². The third-order valence-corrected chi connectivity index (χ3v) is 13.0. The fourth-order valence-electron chi connectivity index (χ4n) is 9.17. The van der Waals surface area contributed by atoms with E-state index in [1.807, 2.05) is 21.8 Å². The topological polar surface area (TPSA) is 156 Å². The summed E-state index contributed by atoms with van der Waals surface area (Å²) in [7, 11) is 4.37. The summed E-state index contributed by atoms with van der Waals surface area (Å²) >= 11 is 8.25. The van der Waals surface area contributed by atoms with E-state index in [1.54, 1.807) is 62.2 Å². The molecule has 1 N–H and O–H groups in total. The van der Waals surface area contributed by atoms with Crippen molar-refractivity contribution in [3.63, 3.8) is 0 Å². The molecule has 304 valence electrons. The number of methoxy groups -OCH3 is 3. The van der Waals surface area contributed by atoms with Crippen molar-refractivity contribution in [1.29, 1.82) is 0 Å². The lowest BCUT2D eigenvalue weighted by Gasteiger charge is -2.43. The van der Waals surface area contributed by atoms with Crippen LogP contribution in [-0.2, 0) is 29.0 Å². The molecule has 0 saturated carbocycles. The van der Waals surface area contributed by atoms with Gasteiger partial charge in [0, 0.05) is 66.8 Å². The van der Waals surface area contributed by atoms with Crippen LogP contribution in [0.2, 0.25) is 5.02 Å². The summed E-state index contributed by atoms with van der Waals surface area (Å²) < 4.78 is 31.0. The van der Waals surface area contributed by atoms with E-state index in [9.17, 15) is 19.2 Å². The van der Waals surface area contributed by atoms with Gasteiger partial charge in [0.25, 0.3) is 5.56 Å². The zero-order chi connectivity index (χ0) is 41.0. The quantitative estimate of drug-likeness (QED) is 0.188. The van der Waals surface area contributed by atoms with Crippen LogP contribution in [0, 0.1) is 11.8 Å². The smallest absolute Gasteiger partial charge is 0.250 e. The summed E-state index contributed by atoms with van der Waals surface area (Å²) in [5, 5.41) is 3.03. The Kier molecular flexibility index (Phi) is 10.6. The number of nitrogens with one attached hydrogen (secondary N) is 1. The Bertz CT molecular complexity index is 2390. The summed E-state index contributed by atoms with van der Waals surface area (Å²) in [6, 6.07) is 12.9. The SMILES string of the molecule is COc1ccc(-c2oc3c(c2CC(=O)N[C@@H](CCSC)C(=O)N2CC4CC(C2)c2cccc(=O)n2C4)C(=O)[C@@]2(Oc4c(Cl)c(OC)cc(OC)c4C2=O)[C@H](C)C3)cc1. The maximum Gasteiger partial charge on any atom is 0.250 e. The average molecular weight is 830 g/mol. The monoisotopic (exact) mass is 829 g/mol. The lowest BCUT2D eigenvalue weighted by Crippen LogP contribution is -2.56. The van der Waals surface area contributed by atoms with Gasteiger partial charge in [0.2, 0.25) is 29.0 Å². The highest BCUT2D eigenvalue weighted by molar-refractivity contribution is 7.98. The molecule has 4 aromatic rings. The van der Waals surface area contributed by atoms with Gasteiger partial charge in [0.15, 0.2) is 5.75 Å². The van der Waals surface area contributed by atoms with Gasteiger partial charge in [-0.3, -0.25) is 24.0 Å². The molecule has 2 aromatic heterocycles. The largest absolute Gasteiger partial charge is 0.497 e. The second-order valence-electron chi connectivity index (χ2n) is 15.4. The minimum absolute atomic E-state index is 0.00933. The number of aromatic nitrogens is 1. The third kappa shape index (κ3) is 6.44. The zero-order valence-corrected chi connectivity index (χ0v) is 34.4. The number of likely N-dealkylation sites (tertiary alicyclic amines) is 1. The molecule has 15 heteroatoms. The number of halogens is 1. The summed E-state index contributed by atoms with van der Waals surface area (Å²) in [6.45, 7) is 3.18. The Morgan fingerprint density at radius 1 is 0.983 bits per heavy atom. The summed E-state index contributed by atoms with van der Waals surface area (Å²) in [5.41, 5.74) is -0.192. The minimum atomic E-state index is -2.03. The van der Waals surface area contributed by atoms with E-state index >= 15 is 4.79 Å². The number of nitrogens with zero attached hydrogens (tertiary/aromatic N) is 2. The average Bonchev–Trinajstić information content (AvgIpc) is 3.74. The number of hydrogen-bond acceptors (Lipinski definition) is 11. The van der Waals surface area contributed by atoms with Crippen LogP contribution in [0.25, 0.3) is 11.3 Å². The molecule has 2 unspecified atom stereocenters. The van der Waals surface area contributed by atoms with Crippen LogP contribution in [-0.4, -0.2) is 90.9 Å². The molecule has 2 bridgehead atoms. The maximum atomic E-state index is 15.1. The number of benzene rings is 2. The highest BCUT2D eigenvalue weighted by Gasteiger charge is 2.63. The minimum Gasteiger partial charge on any atom is -0.497 e. The summed E-state index contributed by atoms with van der Waals surface area (Å²) in [4.78, 5) is 72.7. The van der Waals surface area contributed by atoms with E-state index in [-0.39, 0.29) is 80.9 Å². The second-order valence-corrected chi connectivity index (χ2v) is 16.7. The Morgan fingerprint density at radius 3 is 2.43 bits per heavy atom. The molecule has 1 fully saturated rings. The molecule has 3 aliphatic heterocycles. The number of piperidine rings is 1. The fourth-order valence-corrected chi connectivity index (χ4v) is 9.91. The first-order chi connectivity index (χ1) is 27.9. The Hall–Kier alpha value is -5.21. The van der Waals surface area contributed by atoms with E-state index in [2.05, 4.69) is 5.32 Å². The van der Waals surface area contributed by atoms with Gasteiger partial charge in [-0.1, -0.05) is 24.6 Å². The van der Waals surface area contributed by atoms with Crippen molar-refractivity contribution in [2.24, 2.45) is 11.8 Å². The van der Waals surface area contributed by atoms with E-state index in [1.165, 1.54) is 20.3 Å². The summed E-state index contributed by atoms with van der Waals surface area (Å²) in [6.07, 6.45) is 3.00. The number of rotatable bonds is 11. The van der Waals surface area contributed by atoms with Crippen molar-refractivity contribution < 1.29 is 42.5 Å². The second kappa shape index (κ2) is 15.5. The molecule has 5 atom stereocenters. The first-order valence-electron chi connectivity index (χ1n) is 19.2. The summed E-state index contributed by atoms with van der Waals surface area (Å²) in [5.74, 6) is -0.416. The number of furan rings is 1. The fraction of sp³-hybridized carbons (Fsp3) is 0.419. The van der Waals surface area contributed by atoms with Crippen LogP contribution < -0.4 is 29.8 Å². The molecule has 2 amide bonds. The first-order valence-corrected chi connectivity index (χ1v) is 21.0. The highest BCUT2D eigenvalue weighted by atomic mass is 35.5. The number of ether oxygens (including phenoxy) is 4. The Morgan fingerprint density at radius 2 is 1.72 bits per heavy atom. The van der Waals surface area contributed by atoms with Crippen LogP contribution in [0.3, 0.4) is 0 Å². The van der Waals surface area contributed by atoms with Gasteiger partial charge in [0.05, 0.1) is 33.3 Å². The van der Waals surface area contributed by atoms with Gasteiger partial charge in [-0.2, -0.15) is 11.8 Å². The number of pyridine rings is 1. The molecular weight excluding hydrogens is 786 g/mol. The maximum absolute atomic E-state index is 15.1. The van der Waals surface area contributed by atoms with Crippen LogP contribution >= 0.6 is 23.4 Å². The predicted octanol–water partition coefficient (Wildman–Crippen LogP) is 5.60. The number of ketones is 2. The molecule has 5 heterocycles. The molecule has 1 aliphatic carbocycles. The molecule has 58 heavy (non-hydrogen) atoms. The number of carbonyl (C=O) groups is 4. The lowest BCUT2D eigenvalue weighted by molar-refractivity contribution is -0.138. The molecule has 2 aromatic carbocycles. The van der Waals surface area contributed by atoms with Gasteiger partial charge >= 0.3 is 0 Å². The van der Waals surface area contributed by atoms with E-state index < -0.39 is 35.0 Å². The van der Waals surface area contributed by atoms with Crippen LogP contribution in [0.5, 0.6) is 23.0 Å². The molecular formula is C43H44ClN3O10S. The van der Waals surface area contributed by atoms with E-state index in [0.717, 1.165) is 12.1 Å². The van der Waals surface area contributed by atoms with Gasteiger partial charge in [-0.25, -0.2) is 0 Å². The number of hydrogen-bond donors (Lipinski definition) is 1. The Labute approximate surface area is 344 Å². The van der Waals surface area contributed by atoms with Gasteiger partial charge < -0.3 is 38.1 Å². The zero-order valence-electron chi connectivity index (χ0n) is 32.8. The third-order valence-electron chi connectivity index (χ3n) is 12.0. The number of thioether (sulfide) groups is 1. The standard InChI is InChI=1S/C43H44ClN3O10S/c1-22-15-31-35(40(50)43(22)41(51)36-30(54-3)18-32(55-4)37(44)39(36)57-43)27(38(56-31)24-9-11-26(53-2)12-10-24)17-33(48)45-28(13-14-58-5)42(52)46-19-23-16-25(21-46)29-7-6-8-34(49)47(29)20-23/h6-12,18,22-23,25,28H,13-17,19-21H2,1-5H3,(H,45,48)/t22-,23?,25?,28+,43+/m1/s1. The molecule has 13 nitrogen and oxygen atoms in total. The highest BCUT2D eigenvalue weighted by Crippen LogP contribution is 2.54. The normalized spacial score (nSPS) is 22.1. The van der Waals surface area contributed by atoms with Gasteiger partial charge in [-0.15, -0.1) is 0 Å². The number of carbonyl (C=O) groups excluding carboxylic acids is 4. The van der Waals surface area contributed by atoms with Gasteiger partial charge in [-0.05, 0) is 61.1 Å². The van der Waals surface area contributed by atoms with Crippen molar-refractivity contribution >= 4 is 46.7 Å². The number of Topliss-reactive ketones (excluding diaryl/α,β-unsaturated/α-hetero) is 2. The van der Waals surface area contributed by atoms with Crippen molar-refractivity contribution in [3.8, 4) is 34.3 Å². The van der Waals surface area contributed by atoms with Crippen LogP contribution in [0.15, 0.2) is 57.7 Å². The van der Waals surface area contributed by atoms with Crippen LogP contribution in [0.4, 0.5) is 0 Å². The van der Waals surface area contributed by atoms with Gasteiger partial charge in [0.1, 0.15) is 45.4 Å². The predicted molar refractivity (Wildman–Crippen MR) is 217 cm³/mol. The lowest BCUT2D eigenvalue weighted by atomic mass is 9.70.